The summed E-state index contributed by atoms with van der Waals surface area (Å²) >= 11 is 1.31. The highest BCUT2D eigenvalue weighted by Gasteiger charge is 2.13. The van der Waals surface area contributed by atoms with Gasteiger partial charge in [0.05, 0.1) is 17.8 Å². The third-order valence-corrected chi connectivity index (χ3v) is 2.53. The molecule has 0 spiro atoms. The topological polar surface area (TPSA) is 62.2 Å². The molecule has 1 rings (SSSR count). The smallest absolute Gasteiger partial charge is 0.263 e. The first-order valence-electron chi connectivity index (χ1n) is 3.97. The Bertz CT molecular complexity index is 298. The lowest BCUT2D eigenvalue weighted by atomic mass is 10.3. The van der Waals surface area contributed by atoms with E-state index >= 15 is 0 Å². The van der Waals surface area contributed by atoms with Gasteiger partial charge in [0.1, 0.15) is 4.88 Å². The molecule has 13 heavy (non-hydrogen) atoms. The van der Waals surface area contributed by atoms with Gasteiger partial charge in [-0.15, -0.1) is 11.3 Å². The summed E-state index contributed by atoms with van der Waals surface area (Å²) in [5.41, 5.74) is 2.36. The molecule has 1 unspecified atom stereocenters. The van der Waals surface area contributed by atoms with Crippen LogP contribution in [-0.2, 0) is 0 Å². The van der Waals surface area contributed by atoms with Crippen molar-refractivity contribution in [3.8, 4) is 0 Å². The van der Waals surface area contributed by atoms with Gasteiger partial charge in [0.15, 0.2) is 0 Å². The van der Waals surface area contributed by atoms with Crippen LogP contribution in [0.5, 0.6) is 0 Å². The van der Waals surface area contributed by atoms with E-state index in [-0.39, 0.29) is 18.6 Å². The Kier molecular flexibility index (Phi) is 3.39. The third kappa shape index (κ3) is 2.50. The predicted octanol–water partition coefficient (Wildman–Crippen LogP) is 0.562. The number of nitrogens with zero attached hydrogens (tertiary/aromatic N) is 1. The monoisotopic (exact) mass is 200 g/mol. The molecule has 0 radical (unpaired) electrons. The van der Waals surface area contributed by atoms with E-state index in [0.29, 0.717) is 4.88 Å². The van der Waals surface area contributed by atoms with Crippen LogP contribution in [0, 0.1) is 6.92 Å². The van der Waals surface area contributed by atoms with Crippen molar-refractivity contribution in [1.82, 2.24) is 10.3 Å². The van der Waals surface area contributed by atoms with Crippen LogP contribution in [-0.4, -0.2) is 28.6 Å². The molecule has 0 fully saturated rings. The Hall–Kier alpha value is -0.940. The van der Waals surface area contributed by atoms with E-state index in [9.17, 15) is 4.79 Å². The highest BCUT2D eigenvalue weighted by Crippen LogP contribution is 2.11. The number of amides is 1. The number of hydrogen-bond acceptors (Lipinski definition) is 4. The van der Waals surface area contributed by atoms with Crippen LogP contribution in [0.1, 0.15) is 22.3 Å². The van der Waals surface area contributed by atoms with E-state index in [1.165, 1.54) is 11.3 Å². The number of aliphatic hydroxyl groups is 1. The summed E-state index contributed by atoms with van der Waals surface area (Å²) in [4.78, 5) is 16.0. The number of nitrogens with one attached hydrogen (secondary N) is 1. The fourth-order valence-electron chi connectivity index (χ4n) is 0.855. The molecular weight excluding hydrogens is 188 g/mol. The average Bonchev–Trinajstić information content (AvgIpc) is 2.51. The van der Waals surface area contributed by atoms with Gasteiger partial charge in [-0.3, -0.25) is 4.79 Å². The lowest BCUT2D eigenvalue weighted by Crippen LogP contribution is -2.34. The van der Waals surface area contributed by atoms with Crippen LogP contribution in [0.3, 0.4) is 0 Å². The first kappa shape index (κ1) is 10.1. The summed E-state index contributed by atoms with van der Waals surface area (Å²) in [6.45, 7) is 3.48. The summed E-state index contributed by atoms with van der Waals surface area (Å²) in [5.74, 6) is -0.165. The van der Waals surface area contributed by atoms with Crippen LogP contribution >= 0.6 is 11.3 Å². The molecule has 1 aromatic rings. The molecule has 5 heteroatoms. The summed E-state index contributed by atoms with van der Waals surface area (Å²) in [5, 5.41) is 11.4. The Labute approximate surface area is 80.6 Å². The van der Waals surface area contributed by atoms with Crippen molar-refractivity contribution < 1.29 is 9.90 Å². The molecule has 0 aliphatic rings. The van der Waals surface area contributed by atoms with Gasteiger partial charge in [-0.05, 0) is 13.8 Å². The van der Waals surface area contributed by atoms with Crippen molar-refractivity contribution in [2.75, 3.05) is 6.61 Å². The number of hydrogen-bond donors (Lipinski definition) is 2. The Morgan fingerprint density at radius 3 is 3.00 bits per heavy atom. The fraction of sp³-hybridized carbons (Fsp3) is 0.500. The zero-order valence-corrected chi connectivity index (χ0v) is 8.39. The molecule has 1 amide bonds. The number of rotatable bonds is 3. The van der Waals surface area contributed by atoms with Crippen LogP contribution in [0.25, 0.3) is 0 Å². The molecule has 1 heterocycles. The van der Waals surface area contributed by atoms with Gasteiger partial charge in [0.25, 0.3) is 5.91 Å². The maximum Gasteiger partial charge on any atom is 0.263 e. The normalized spacial score (nSPS) is 12.5. The molecule has 1 atom stereocenters. The van der Waals surface area contributed by atoms with Crippen molar-refractivity contribution in [2.45, 2.75) is 19.9 Å². The highest BCUT2D eigenvalue weighted by molar-refractivity contribution is 7.11. The zero-order valence-electron chi connectivity index (χ0n) is 7.57. The van der Waals surface area contributed by atoms with Crippen molar-refractivity contribution >= 4 is 17.2 Å². The van der Waals surface area contributed by atoms with E-state index in [4.69, 9.17) is 5.11 Å². The van der Waals surface area contributed by atoms with Gasteiger partial charge < -0.3 is 10.4 Å². The number of carbonyl (C=O) groups is 1. The Morgan fingerprint density at radius 2 is 2.54 bits per heavy atom. The quantitative estimate of drug-likeness (QED) is 0.749. The van der Waals surface area contributed by atoms with E-state index in [2.05, 4.69) is 10.3 Å². The van der Waals surface area contributed by atoms with Crippen molar-refractivity contribution in [3.05, 3.63) is 16.1 Å². The van der Waals surface area contributed by atoms with E-state index in [0.717, 1.165) is 5.69 Å². The van der Waals surface area contributed by atoms with Gasteiger partial charge in [-0.25, -0.2) is 4.98 Å². The summed E-state index contributed by atoms with van der Waals surface area (Å²) < 4.78 is 0. The molecule has 72 valence electrons. The van der Waals surface area contributed by atoms with Gasteiger partial charge in [-0.2, -0.15) is 0 Å². The minimum Gasteiger partial charge on any atom is -0.394 e. The SMILES string of the molecule is Cc1ncsc1C(=O)NC(C)CO. The molecule has 2 N–H and O–H groups in total. The van der Waals surface area contributed by atoms with Gasteiger partial charge >= 0.3 is 0 Å². The Morgan fingerprint density at radius 1 is 1.85 bits per heavy atom. The fourth-order valence-corrected chi connectivity index (χ4v) is 1.56. The number of aromatic nitrogens is 1. The zero-order chi connectivity index (χ0) is 9.84. The maximum atomic E-state index is 11.4. The highest BCUT2D eigenvalue weighted by atomic mass is 32.1. The van der Waals surface area contributed by atoms with Crippen molar-refractivity contribution in [2.24, 2.45) is 0 Å². The average molecular weight is 200 g/mol. The number of aryl methyl sites for hydroxylation is 1. The van der Waals surface area contributed by atoms with Gasteiger partial charge in [-0.1, -0.05) is 0 Å². The molecule has 1 aromatic heterocycles. The Balaban J connectivity index is 2.64. The molecule has 0 saturated carbocycles. The molecule has 0 saturated heterocycles. The van der Waals surface area contributed by atoms with Crippen LogP contribution in [0.2, 0.25) is 0 Å². The van der Waals surface area contributed by atoms with Crippen molar-refractivity contribution in [1.29, 1.82) is 0 Å². The lowest BCUT2D eigenvalue weighted by Gasteiger charge is -2.09. The number of carbonyl (C=O) groups excluding carboxylic acids is 1. The van der Waals surface area contributed by atoms with Crippen molar-refractivity contribution in [3.63, 3.8) is 0 Å². The standard InChI is InChI=1S/C8H12N2O2S/c1-5(3-11)10-8(12)7-6(2)9-4-13-7/h4-5,11H,3H2,1-2H3,(H,10,12). The third-order valence-electron chi connectivity index (χ3n) is 1.60. The molecule has 0 aliphatic heterocycles. The minimum absolute atomic E-state index is 0.0520. The first-order valence-corrected chi connectivity index (χ1v) is 4.85. The van der Waals surface area contributed by atoms with Gasteiger partial charge in [0, 0.05) is 6.04 Å². The van der Waals surface area contributed by atoms with Gasteiger partial charge in [0.2, 0.25) is 0 Å². The van der Waals surface area contributed by atoms with Crippen LogP contribution in [0.4, 0.5) is 0 Å². The number of thiazole rings is 1. The second kappa shape index (κ2) is 4.34. The minimum atomic E-state index is -0.214. The van der Waals surface area contributed by atoms with E-state index in [1.807, 2.05) is 0 Å². The second-order valence-electron chi connectivity index (χ2n) is 2.82. The molecule has 0 bridgehead atoms. The first-order chi connectivity index (χ1) is 6.15. The maximum absolute atomic E-state index is 11.4. The summed E-state index contributed by atoms with van der Waals surface area (Å²) in [7, 11) is 0. The molecule has 4 nitrogen and oxygen atoms in total. The molecular formula is C8H12N2O2S. The van der Waals surface area contributed by atoms with E-state index in [1.54, 1.807) is 19.4 Å². The second-order valence-corrected chi connectivity index (χ2v) is 3.68. The van der Waals surface area contributed by atoms with Crippen LogP contribution in [0.15, 0.2) is 5.51 Å². The largest absolute Gasteiger partial charge is 0.394 e. The van der Waals surface area contributed by atoms with Crippen LogP contribution < -0.4 is 5.32 Å². The lowest BCUT2D eigenvalue weighted by molar-refractivity contribution is 0.0925. The number of aliphatic hydroxyl groups excluding tert-OH is 1. The molecule has 0 aliphatic carbocycles. The predicted molar refractivity (Wildman–Crippen MR) is 50.9 cm³/mol. The summed E-state index contributed by atoms with van der Waals surface area (Å²) in [6, 6.07) is -0.214. The van der Waals surface area contributed by atoms with E-state index < -0.39 is 0 Å². The summed E-state index contributed by atoms with van der Waals surface area (Å²) in [6.07, 6.45) is 0. The molecule has 0 aromatic carbocycles.